The highest BCUT2D eigenvalue weighted by molar-refractivity contribution is 4.59. The van der Waals surface area contributed by atoms with Gasteiger partial charge in [0.25, 0.3) is 0 Å². The van der Waals surface area contributed by atoms with E-state index in [1.807, 2.05) is 0 Å². The quantitative estimate of drug-likeness (QED) is 0.441. The third-order valence-electron chi connectivity index (χ3n) is 1.20. The smallest absolute Gasteiger partial charge is 0.152 e. The zero-order valence-electron chi connectivity index (χ0n) is 5.43. The molecule has 1 aliphatic heterocycles. The highest BCUT2D eigenvalue weighted by Crippen LogP contribution is 2.05. The van der Waals surface area contributed by atoms with Crippen molar-refractivity contribution >= 4 is 0 Å². The Morgan fingerprint density at radius 2 is 1.60 bits per heavy atom. The molecule has 0 radical (unpaired) electrons. The molecule has 58 valence electrons. The van der Waals surface area contributed by atoms with E-state index in [1.165, 1.54) is 5.34 Å². The van der Waals surface area contributed by atoms with Crippen molar-refractivity contribution in [1.82, 2.24) is 5.01 Å². The van der Waals surface area contributed by atoms with Crippen molar-refractivity contribution in [2.45, 2.75) is 12.8 Å². The number of hydrogen-bond donors (Lipinski definition) is 1. The van der Waals surface area contributed by atoms with Gasteiger partial charge in [0.05, 0.1) is 5.29 Å². The van der Waals surface area contributed by atoms with Gasteiger partial charge in [0.15, 0.2) is 5.34 Å². The van der Waals surface area contributed by atoms with Crippen LogP contribution >= 0.6 is 0 Å². The summed E-state index contributed by atoms with van der Waals surface area (Å²) in [7, 11) is 0. The summed E-state index contributed by atoms with van der Waals surface area (Å²) < 4.78 is 0. The maximum atomic E-state index is 9.68. The minimum atomic E-state index is 0.865. The van der Waals surface area contributed by atoms with E-state index in [0.29, 0.717) is 0 Å². The molecule has 0 spiro atoms. The van der Waals surface area contributed by atoms with Gasteiger partial charge in [0.2, 0.25) is 0 Å². The van der Waals surface area contributed by atoms with E-state index in [0.717, 1.165) is 25.9 Å². The number of nitrogens with zero attached hydrogens (tertiary/aromatic N) is 3. The highest BCUT2D eigenvalue weighted by Gasteiger charge is 2.08. The van der Waals surface area contributed by atoms with Crippen LogP contribution in [0.4, 0.5) is 0 Å². The molecule has 6 nitrogen and oxygen atoms in total. The summed E-state index contributed by atoms with van der Waals surface area (Å²) in [6.07, 6.45) is 2.26. The first-order chi connectivity index (χ1) is 4.85. The molecule has 0 unspecified atom stereocenters. The first-order valence-corrected chi connectivity index (χ1v) is 2.90. The maximum absolute atomic E-state index is 9.68. The maximum Gasteiger partial charge on any atom is 0.152 e. The molecule has 0 bridgehead atoms. The zero-order chi connectivity index (χ0) is 7.82. The van der Waals surface area contributed by atoms with E-state index in [1.54, 1.807) is 5.01 Å². The van der Waals surface area contributed by atoms with Crippen LogP contribution in [0, 0.1) is 9.81 Å². The Balaban J connectivity index is 0.000000236. The van der Waals surface area contributed by atoms with Gasteiger partial charge in [-0.2, -0.15) is 0 Å². The summed E-state index contributed by atoms with van der Waals surface area (Å²) >= 11 is 0. The second-order valence-electron chi connectivity index (χ2n) is 1.82. The predicted octanol–water partition coefficient (Wildman–Crippen LogP) is 0.906. The van der Waals surface area contributed by atoms with E-state index in [-0.39, 0.29) is 0 Å². The molecule has 0 aromatic carbocycles. The van der Waals surface area contributed by atoms with Crippen LogP contribution in [0.5, 0.6) is 0 Å². The van der Waals surface area contributed by atoms with Crippen molar-refractivity contribution in [3.05, 3.63) is 9.81 Å². The molecule has 0 saturated carbocycles. The summed E-state index contributed by atoms with van der Waals surface area (Å²) in [5.74, 6) is 0. The fourth-order valence-electron chi connectivity index (χ4n) is 0.782. The molecule has 10 heavy (non-hydrogen) atoms. The van der Waals surface area contributed by atoms with Crippen LogP contribution < -0.4 is 0 Å². The third kappa shape index (κ3) is 3.76. The lowest BCUT2D eigenvalue weighted by Gasteiger charge is -2.00. The number of hydrogen-bond acceptors (Lipinski definition) is 4. The van der Waals surface area contributed by atoms with Gasteiger partial charge in [-0.25, -0.2) is 0 Å². The lowest BCUT2D eigenvalue weighted by atomic mass is 10.4. The predicted molar refractivity (Wildman–Crippen MR) is 34.2 cm³/mol. The second kappa shape index (κ2) is 5.93. The van der Waals surface area contributed by atoms with Crippen LogP contribution in [0.1, 0.15) is 12.8 Å². The van der Waals surface area contributed by atoms with Crippen molar-refractivity contribution in [2.75, 3.05) is 13.1 Å². The molecule has 0 aliphatic carbocycles. The van der Waals surface area contributed by atoms with Crippen LogP contribution in [-0.2, 0) is 0 Å². The molecule has 6 heteroatoms. The third-order valence-corrected chi connectivity index (χ3v) is 1.20. The molecule has 1 heterocycles. The molecule has 0 atom stereocenters. The summed E-state index contributed by atoms with van der Waals surface area (Å²) in [5, 5.41) is 12.2. The normalized spacial score (nSPS) is 15.4. The summed E-state index contributed by atoms with van der Waals surface area (Å²) in [4.78, 5) is 17.8. The Morgan fingerprint density at radius 3 is 1.80 bits per heavy atom. The molecule has 0 amide bonds. The first-order valence-electron chi connectivity index (χ1n) is 2.90. The van der Waals surface area contributed by atoms with Gasteiger partial charge in [-0.1, -0.05) is 0 Å². The molecule has 1 N–H and O–H groups in total. The summed E-state index contributed by atoms with van der Waals surface area (Å²) in [5.41, 5.74) is 0. The molecule has 1 rings (SSSR count). The van der Waals surface area contributed by atoms with Crippen molar-refractivity contribution in [3.63, 3.8) is 0 Å². The van der Waals surface area contributed by atoms with Crippen LogP contribution in [0.3, 0.4) is 0 Å². The zero-order valence-corrected chi connectivity index (χ0v) is 5.43. The highest BCUT2D eigenvalue weighted by atomic mass is 16.6. The topological polar surface area (TPSA) is 82.3 Å². The van der Waals surface area contributed by atoms with Gasteiger partial charge >= 0.3 is 0 Å². The minimum absolute atomic E-state index is 0.865. The summed E-state index contributed by atoms with van der Waals surface area (Å²) in [6, 6.07) is 0. The molecule has 1 saturated heterocycles. The van der Waals surface area contributed by atoms with Gasteiger partial charge in [0, 0.05) is 13.1 Å². The van der Waals surface area contributed by atoms with Crippen LogP contribution in [-0.4, -0.2) is 23.3 Å². The Hall–Kier alpha value is -1.20. The lowest BCUT2D eigenvalue weighted by Crippen LogP contribution is -2.08. The Morgan fingerprint density at radius 1 is 1.20 bits per heavy atom. The summed E-state index contributed by atoms with van der Waals surface area (Å²) in [6.45, 7) is 1.73. The standard InChI is InChI=1S/C4H8N2O.HNO2/c7-5-6-3-1-2-4-6;2-1-3/h1-4H2;(H,2,3). The van der Waals surface area contributed by atoms with Gasteiger partial charge in [0.1, 0.15) is 0 Å². The fraction of sp³-hybridized carbons (Fsp3) is 1.00. The Kier molecular flexibility index (Phi) is 5.22. The van der Waals surface area contributed by atoms with E-state index in [2.05, 4.69) is 5.29 Å². The number of rotatable bonds is 1. The van der Waals surface area contributed by atoms with Crippen LogP contribution in [0.25, 0.3) is 0 Å². The van der Waals surface area contributed by atoms with Crippen LogP contribution in [0.15, 0.2) is 10.6 Å². The van der Waals surface area contributed by atoms with E-state index >= 15 is 0 Å². The molecular formula is C4H9N3O3. The first kappa shape index (κ1) is 8.80. The fourth-order valence-corrected chi connectivity index (χ4v) is 0.782. The SMILES string of the molecule is O=NN1CCCC1.O=NO. The van der Waals surface area contributed by atoms with E-state index in [4.69, 9.17) is 10.1 Å². The molecule has 0 aromatic rings. The minimum Gasteiger partial charge on any atom is -0.379 e. The molecular weight excluding hydrogens is 138 g/mol. The van der Waals surface area contributed by atoms with Crippen molar-refractivity contribution in [2.24, 2.45) is 10.6 Å². The molecule has 1 fully saturated rings. The van der Waals surface area contributed by atoms with Crippen molar-refractivity contribution in [1.29, 1.82) is 0 Å². The van der Waals surface area contributed by atoms with E-state index in [9.17, 15) is 4.91 Å². The largest absolute Gasteiger partial charge is 0.379 e. The number of nitroso groups, excluding NO2 is 1. The monoisotopic (exact) mass is 147 g/mol. The van der Waals surface area contributed by atoms with Gasteiger partial charge in [-0.15, -0.1) is 9.81 Å². The van der Waals surface area contributed by atoms with Gasteiger partial charge < -0.3 is 5.21 Å². The van der Waals surface area contributed by atoms with E-state index < -0.39 is 0 Å². The van der Waals surface area contributed by atoms with Crippen molar-refractivity contribution in [3.8, 4) is 0 Å². The average molecular weight is 147 g/mol. The molecule has 1 aliphatic rings. The Bertz CT molecular complexity index is 102. The second-order valence-corrected chi connectivity index (χ2v) is 1.82. The van der Waals surface area contributed by atoms with Crippen LogP contribution in [0.2, 0.25) is 0 Å². The van der Waals surface area contributed by atoms with Crippen molar-refractivity contribution < 1.29 is 5.21 Å². The average Bonchev–Trinajstić information content (AvgIpc) is 2.39. The lowest BCUT2D eigenvalue weighted by molar-refractivity contribution is 0.312. The Labute approximate surface area is 57.7 Å². The molecule has 0 aromatic heterocycles. The van der Waals surface area contributed by atoms with Gasteiger partial charge in [-0.3, -0.25) is 5.01 Å². The van der Waals surface area contributed by atoms with Gasteiger partial charge in [-0.05, 0) is 12.8 Å².